The van der Waals surface area contributed by atoms with Gasteiger partial charge in [-0.1, -0.05) is 0 Å². The van der Waals surface area contributed by atoms with Crippen molar-refractivity contribution in [1.29, 1.82) is 0 Å². The summed E-state index contributed by atoms with van der Waals surface area (Å²) in [6, 6.07) is 0. The van der Waals surface area contributed by atoms with Crippen LogP contribution in [0.5, 0.6) is 0 Å². The summed E-state index contributed by atoms with van der Waals surface area (Å²) >= 11 is 0. The monoisotopic (exact) mass is 94.0 g/mol. The van der Waals surface area contributed by atoms with Crippen LogP contribution in [0.2, 0.25) is 0 Å². The smallest absolute Gasteiger partial charge is 0.282 e. The molecule has 0 saturated carbocycles. The van der Waals surface area contributed by atoms with E-state index in [4.69, 9.17) is 0 Å². The van der Waals surface area contributed by atoms with Gasteiger partial charge < -0.3 is 0 Å². The fourth-order valence-electron chi connectivity index (χ4n) is 0.0550. The first kappa shape index (κ1) is 5.59. The number of halogens is 3. The normalized spacial score (nSPS) is 9.83. The zero-order valence-corrected chi connectivity index (χ0v) is 2.87. The van der Waals surface area contributed by atoms with Crippen molar-refractivity contribution >= 4 is 7.27 Å². The van der Waals surface area contributed by atoms with Crippen molar-refractivity contribution in [2.45, 2.75) is 0 Å². The molecule has 0 nitrogen and oxygen atoms in total. The van der Waals surface area contributed by atoms with Crippen LogP contribution in [0, 0.1) is 0 Å². The first-order chi connectivity index (χ1) is 2.77. The maximum Gasteiger partial charge on any atom is 0.567 e. The molecule has 0 radical (unpaired) electrons. The van der Waals surface area contributed by atoms with Gasteiger partial charge in [0.25, 0.3) is 0 Å². The Morgan fingerprint density at radius 1 is 1.33 bits per heavy atom. The lowest BCUT2D eigenvalue weighted by Crippen LogP contribution is -1.85. The van der Waals surface area contributed by atoms with Crippen molar-refractivity contribution < 1.29 is 13.0 Å². The third-order valence-corrected chi connectivity index (χ3v) is 0.218. The molecule has 0 atom stereocenters. The van der Waals surface area contributed by atoms with Crippen molar-refractivity contribution in [2.24, 2.45) is 0 Å². The number of rotatable bonds is 1. The maximum absolute atomic E-state index is 10.7. The van der Waals surface area contributed by atoms with E-state index in [1.165, 1.54) is 0 Å². The molecule has 0 aliphatic rings. The van der Waals surface area contributed by atoms with Crippen LogP contribution < -0.4 is 0 Å². The summed E-state index contributed by atoms with van der Waals surface area (Å²) in [5.41, 5.74) is 0. The third kappa shape index (κ3) is 3.59. The second-order valence-electron chi connectivity index (χ2n) is 0.653. The molecule has 0 N–H and O–H groups in total. The predicted octanol–water partition coefficient (Wildman–Crippen LogP) is 1.44. The Morgan fingerprint density at radius 2 is 1.83 bits per heavy atom. The molecule has 0 aromatic heterocycles. The van der Waals surface area contributed by atoms with E-state index >= 15 is 0 Å². The molecule has 0 aromatic rings. The molecule has 0 saturated heterocycles. The Balaban J connectivity index is 3.03. The van der Waals surface area contributed by atoms with Gasteiger partial charge in [-0.05, 0) is 5.98 Å². The van der Waals surface area contributed by atoms with Crippen molar-refractivity contribution in [1.82, 2.24) is 0 Å². The van der Waals surface area contributed by atoms with Gasteiger partial charge in [-0.25, -0.2) is 4.39 Å². The fraction of sp³-hybridized carbons (Fsp3) is 0. The highest BCUT2D eigenvalue weighted by atomic mass is 19.2. The minimum Gasteiger partial charge on any atom is -0.282 e. The minimum atomic E-state index is -2.66. The van der Waals surface area contributed by atoms with E-state index in [1.807, 2.05) is 0 Å². The van der Waals surface area contributed by atoms with Crippen LogP contribution in [0.3, 0.4) is 0 Å². The van der Waals surface area contributed by atoms with Gasteiger partial charge in [0, 0.05) is 0 Å². The molecule has 0 fully saturated rings. The molecule has 0 amide bonds. The molecule has 4 heteroatoms. The maximum atomic E-state index is 10.7. The van der Waals surface area contributed by atoms with E-state index in [2.05, 4.69) is 0 Å². The molecule has 0 heterocycles. The van der Waals surface area contributed by atoms with E-state index in [1.54, 1.807) is 0 Å². The van der Waals surface area contributed by atoms with E-state index in [0.29, 0.717) is 0 Å². The molecule has 6 heavy (non-hydrogen) atoms. The van der Waals surface area contributed by atoms with Crippen LogP contribution >= 0.6 is 0 Å². The number of hydrogen-bond acceptors (Lipinski definition) is 0. The van der Waals surface area contributed by atoms with Crippen molar-refractivity contribution in [2.75, 3.05) is 0 Å². The highest BCUT2D eigenvalue weighted by molar-refractivity contribution is 6.48. The third-order valence-electron chi connectivity index (χ3n) is 0.218. The molecule has 0 rings (SSSR count). The molecule has 0 aromatic carbocycles. The summed E-state index contributed by atoms with van der Waals surface area (Å²) in [4.78, 5) is 0. The summed E-state index contributed by atoms with van der Waals surface area (Å²) in [7, 11) is -2.66. The van der Waals surface area contributed by atoms with Crippen molar-refractivity contribution in [3.8, 4) is 0 Å². The van der Waals surface area contributed by atoms with E-state index in [-0.39, 0.29) is 12.3 Å². The molecular weight excluding hydrogens is 91.8 g/mol. The van der Waals surface area contributed by atoms with Crippen LogP contribution in [-0.4, -0.2) is 7.27 Å². The summed E-state index contributed by atoms with van der Waals surface area (Å²) < 4.78 is 32.0. The van der Waals surface area contributed by atoms with E-state index in [0.717, 1.165) is 0 Å². The molecule has 0 unspecified atom stereocenters. The van der Waals surface area contributed by atoms with Gasteiger partial charge in [0.2, 0.25) is 0 Å². The van der Waals surface area contributed by atoms with Crippen molar-refractivity contribution in [3.05, 3.63) is 12.3 Å². The van der Waals surface area contributed by atoms with Gasteiger partial charge in [-0.3, -0.25) is 8.63 Å². The Bertz CT molecular complexity index is 50.8. The summed E-state index contributed by atoms with van der Waals surface area (Å²) in [5, 5.41) is 0. The molecule has 0 bridgehead atoms. The van der Waals surface area contributed by atoms with Crippen LogP contribution in [-0.2, 0) is 0 Å². The van der Waals surface area contributed by atoms with Crippen LogP contribution in [0.25, 0.3) is 0 Å². The molecular formula is C2H2BF3. The first-order valence-electron chi connectivity index (χ1n) is 1.32. The quantitative estimate of drug-likeness (QED) is 0.431. The topological polar surface area (TPSA) is 0 Å². The van der Waals surface area contributed by atoms with E-state index in [9.17, 15) is 13.0 Å². The van der Waals surface area contributed by atoms with Gasteiger partial charge in [0.05, 0.1) is 6.33 Å². The highest BCUT2D eigenvalue weighted by Gasteiger charge is 2.02. The van der Waals surface area contributed by atoms with Crippen molar-refractivity contribution in [3.63, 3.8) is 0 Å². The predicted molar refractivity (Wildman–Crippen MR) is 18.2 cm³/mol. The van der Waals surface area contributed by atoms with Crippen LogP contribution in [0.4, 0.5) is 13.0 Å². The average molecular weight is 93.8 g/mol. The molecule has 0 spiro atoms. The lowest BCUT2D eigenvalue weighted by molar-refractivity contribution is 0.672. The first-order valence-corrected chi connectivity index (χ1v) is 1.32. The Morgan fingerprint density at radius 3 is 1.83 bits per heavy atom. The molecule has 34 valence electrons. The van der Waals surface area contributed by atoms with Crippen LogP contribution in [0.15, 0.2) is 12.3 Å². The summed E-state index contributed by atoms with van der Waals surface area (Å²) in [5.74, 6) is 0.167. The van der Waals surface area contributed by atoms with Crippen LogP contribution in [0.1, 0.15) is 0 Å². The number of hydrogen-bond donors (Lipinski definition) is 0. The standard InChI is InChI=1S/C2H2BF3/c4-2-1-3(5)6/h1-2H. The Hall–Kier alpha value is -0.405. The minimum absolute atomic E-state index is 0.167. The lowest BCUT2D eigenvalue weighted by Gasteiger charge is -1.68. The van der Waals surface area contributed by atoms with E-state index < -0.39 is 7.27 Å². The SMILES string of the molecule is FC=CB(F)F. The Kier molecular flexibility index (Phi) is 2.62. The Labute approximate surface area is 33.8 Å². The second-order valence-corrected chi connectivity index (χ2v) is 0.653. The largest absolute Gasteiger partial charge is 0.567 e. The van der Waals surface area contributed by atoms with Gasteiger partial charge in [0.1, 0.15) is 0 Å². The summed E-state index contributed by atoms with van der Waals surface area (Å²) in [6.07, 6.45) is -0.176. The molecule has 0 aliphatic heterocycles. The zero-order chi connectivity index (χ0) is 4.99. The molecule has 0 aliphatic carbocycles. The van der Waals surface area contributed by atoms with Gasteiger partial charge in [0.15, 0.2) is 0 Å². The average Bonchev–Trinajstić information content (AvgIpc) is 1.35. The summed E-state index contributed by atoms with van der Waals surface area (Å²) in [6.45, 7) is 0. The zero-order valence-electron chi connectivity index (χ0n) is 2.87. The van der Waals surface area contributed by atoms with Gasteiger partial charge in [-0.2, -0.15) is 0 Å². The highest BCUT2D eigenvalue weighted by Crippen LogP contribution is 1.85. The van der Waals surface area contributed by atoms with Gasteiger partial charge in [-0.15, -0.1) is 0 Å². The second kappa shape index (κ2) is 2.81. The van der Waals surface area contributed by atoms with Gasteiger partial charge >= 0.3 is 7.27 Å². The lowest BCUT2D eigenvalue weighted by atomic mass is 10.0. The fourth-order valence-corrected chi connectivity index (χ4v) is 0.0550.